The summed E-state index contributed by atoms with van der Waals surface area (Å²) in [5.74, 6) is 0. The average Bonchev–Trinajstić information content (AvgIpc) is 2.45. The van der Waals surface area contributed by atoms with Crippen LogP contribution in [0.4, 0.5) is 0 Å². The van der Waals surface area contributed by atoms with Crippen molar-refractivity contribution >= 4 is 12.2 Å². The molecule has 2 rings (SSSR count). The molecule has 0 aliphatic rings. The van der Waals surface area contributed by atoms with Crippen molar-refractivity contribution in [2.24, 2.45) is 0 Å². The van der Waals surface area contributed by atoms with Crippen LogP contribution in [0.3, 0.4) is 0 Å². The van der Waals surface area contributed by atoms with E-state index < -0.39 is 0 Å². The van der Waals surface area contributed by atoms with Crippen LogP contribution in [-0.2, 0) is 12.8 Å². The minimum atomic E-state index is 1.06. The van der Waals surface area contributed by atoms with Gasteiger partial charge in [0.2, 0.25) is 0 Å². The first-order chi connectivity index (χ1) is 8.83. The lowest BCUT2D eigenvalue weighted by Gasteiger charge is -2.06. The number of hydrogen-bond acceptors (Lipinski definition) is 0. The predicted octanol–water partition coefficient (Wildman–Crippen LogP) is 4.76. The molecule has 0 saturated heterocycles. The summed E-state index contributed by atoms with van der Waals surface area (Å²) in [5.41, 5.74) is 5.04. The zero-order valence-corrected chi connectivity index (χ0v) is 10.6. The van der Waals surface area contributed by atoms with Gasteiger partial charge in [0.25, 0.3) is 0 Å². The van der Waals surface area contributed by atoms with Gasteiger partial charge >= 0.3 is 0 Å². The van der Waals surface area contributed by atoms with Crippen LogP contribution in [0, 0.1) is 0 Å². The maximum absolute atomic E-state index is 3.85. The highest BCUT2D eigenvalue weighted by Gasteiger charge is 1.99. The van der Waals surface area contributed by atoms with Crippen LogP contribution in [0.25, 0.3) is 12.2 Å². The summed E-state index contributed by atoms with van der Waals surface area (Å²) in [6, 6.07) is 17.1. The fourth-order valence-electron chi connectivity index (χ4n) is 2.08. The summed E-state index contributed by atoms with van der Waals surface area (Å²) in [7, 11) is 0. The first-order valence-electron chi connectivity index (χ1n) is 6.25. The van der Waals surface area contributed by atoms with E-state index in [0.717, 1.165) is 24.0 Å². The first-order valence-corrected chi connectivity index (χ1v) is 6.25. The molecule has 0 unspecified atom stereocenters. The largest absolute Gasteiger partial charge is 0.0984 e. The zero-order valence-electron chi connectivity index (χ0n) is 10.6. The van der Waals surface area contributed by atoms with E-state index in [9.17, 15) is 0 Å². The molecule has 0 saturated carbocycles. The molecule has 0 amide bonds. The normalized spacial score (nSPS) is 10.0. The quantitative estimate of drug-likeness (QED) is 0.700. The topological polar surface area (TPSA) is 0 Å². The minimum Gasteiger partial charge on any atom is -0.0984 e. The molecule has 0 fully saturated rings. The molecule has 0 heteroatoms. The Hall–Kier alpha value is -2.08. The number of aryl methyl sites for hydroxylation is 2. The van der Waals surface area contributed by atoms with Gasteiger partial charge in [0, 0.05) is 0 Å². The Balaban J connectivity index is 2.10. The maximum atomic E-state index is 3.85. The third kappa shape index (κ3) is 2.98. The molecule has 0 radical (unpaired) electrons. The highest BCUT2D eigenvalue weighted by atomic mass is 14.0. The Bertz CT molecular complexity index is 535. The van der Waals surface area contributed by atoms with Gasteiger partial charge in [-0.15, -0.1) is 0 Å². The van der Waals surface area contributed by atoms with Crippen molar-refractivity contribution in [2.45, 2.75) is 12.8 Å². The van der Waals surface area contributed by atoms with Gasteiger partial charge in [-0.2, -0.15) is 0 Å². The van der Waals surface area contributed by atoms with Crippen molar-refractivity contribution in [3.63, 3.8) is 0 Å². The smallest absolute Gasteiger partial charge is 0.0187 e. The van der Waals surface area contributed by atoms with Crippen LogP contribution in [0.5, 0.6) is 0 Å². The summed E-state index contributed by atoms with van der Waals surface area (Å²) < 4.78 is 0. The third-order valence-electron chi connectivity index (χ3n) is 3.14. The lowest BCUT2D eigenvalue weighted by atomic mass is 9.99. The van der Waals surface area contributed by atoms with Crippen LogP contribution >= 0.6 is 0 Å². The van der Waals surface area contributed by atoms with E-state index in [1.165, 1.54) is 11.1 Å². The molecule has 90 valence electrons. The minimum absolute atomic E-state index is 1.06. The molecule has 0 spiro atoms. The van der Waals surface area contributed by atoms with Crippen molar-refractivity contribution < 1.29 is 0 Å². The van der Waals surface area contributed by atoms with Gasteiger partial charge in [0.15, 0.2) is 0 Å². The van der Waals surface area contributed by atoms with Crippen LogP contribution < -0.4 is 0 Å². The van der Waals surface area contributed by atoms with Gasteiger partial charge in [0.1, 0.15) is 0 Å². The predicted molar refractivity (Wildman–Crippen MR) is 80.5 cm³/mol. The lowest BCUT2D eigenvalue weighted by molar-refractivity contribution is 0.959. The summed E-state index contributed by atoms with van der Waals surface area (Å²) in [4.78, 5) is 0. The Morgan fingerprint density at radius 2 is 1.39 bits per heavy atom. The molecule has 0 nitrogen and oxygen atoms in total. The SMILES string of the molecule is C=Cc1ccc(CCc2ccccc2)cc1C=C. The molecular weight excluding hydrogens is 216 g/mol. The maximum Gasteiger partial charge on any atom is -0.0187 e. The molecule has 0 atom stereocenters. The van der Waals surface area contributed by atoms with Gasteiger partial charge in [-0.25, -0.2) is 0 Å². The van der Waals surface area contributed by atoms with E-state index in [2.05, 4.69) is 61.7 Å². The Labute approximate surface area is 109 Å². The monoisotopic (exact) mass is 234 g/mol. The average molecular weight is 234 g/mol. The van der Waals surface area contributed by atoms with Gasteiger partial charge in [-0.05, 0) is 35.1 Å². The fourth-order valence-corrected chi connectivity index (χ4v) is 2.08. The molecule has 2 aromatic rings. The Morgan fingerprint density at radius 3 is 2.06 bits per heavy atom. The summed E-state index contributed by atoms with van der Waals surface area (Å²) >= 11 is 0. The van der Waals surface area contributed by atoms with E-state index in [4.69, 9.17) is 0 Å². The molecule has 0 aromatic heterocycles. The van der Waals surface area contributed by atoms with Crippen molar-refractivity contribution in [2.75, 3.05) is 0 Å². The highest BCUT2D eigenvalue weighted by molar-refractivity contribution is 5.64. The molecular formula is C18H18. The molecule has 0 heterocycles. The van der Waals surface area contributed by atoms with Crippen molar-refractivity contribution in [1.82, 2.24) is 0 Å². The molecule has 0 aliphatic carbocycles. The second kappa shape index (κ2) is 6.02. The number of benzene rings is 2. The number of rotatable bonds is 5. The van der Waals surface area contributed by atoms with E-state index in [1.807, 2.05) is 12.2 Å². The second-order valence-corrected chi connectivity index (χ2v) is 4.36. The van der Waals surface area contributed by atoms with Gasteiger partial charge in [-0.1, -0.05) is 73.8 Å². The third-order valence-corrected chi connectivity index (χ3v) is 3.14. The molecule has 18 heavy (non-hydrogen) atoms. The lowest BCUT2D eigenvalue weighted by Crippen LogP contribution is -1.92. The van der Waals surface area contributed by atoms with Gasteiger partial charge in [0.05, 0.1) is 0 Å². The summed E-state index contributed by atoms with van der Waals surface area (Å²) in [6.45, 7) is 7.67. The fraction of sp³-hybridized carbons (Fsp3) is 0.111. The van der Waals surface area contributed by atoms with Crippen LogP contribution in [0.15, 0.2) is 61.7 Å². The summed E-state index contributed by atoms with van der Waals surface area (Å²) in [5, 5.41) is 0. The van der Waals surface area contributed by atoms with E-state index >= 15 is 0 Å². The molecule has 2 aromatic carbocycles. The van der Waals surface area contributed by atoms with Gasteiger partial charge < -0.3 is 0 Å². The Kier molecular flexibility index (Phi) is 4.14. The van der Waals surface area contributed by atoms with Crippen LogP contribution in [0.1, 0.15) is 22.3 Å². The number of hydrogen-bond donors (Lipinski definition) is 0. The van der Waals surface area contributed by atoms with Gasteiger partial charge in [-0.3, -0.25) is 0 Å². The molecule has 0 bridgehead atoms. The summed E-state index contributed by atoms with van der Waals surface area (Å²) in [6.07, 6.45) is 5.90. The van der Waals surface area contributed by atoms with Crippen molar-refractivity contribution in [1.29, 1.82) is 0 Å². The zero-order chi connectivity index (χ0) is 12.8. The van der Waals surface area contributed by atoms with E-state index in [0.29, 0.717) is 0 Å². The highest BCUT2D eigenvalue weighted by Crippen LogP contribution is 2.16. The van der Waals surface area contributed by atoms with Crippen LogP contribution in [0.2, 0.25) is 0 Å². The molecule has 0 aliphatic heterocycles. The Morgan fingerprint density at radius 1 is 0.722 bits per heavy atom. The van der Waals surface area contributed by atoms with Crippen molar-refractivity contribution in [3.05, 3.63) is 83.9 Å². The first kappa shape index (κ1) is 12.4. The second-order valence-electron chi connectivity index (χ2n) is 4.36. The van der Waals surface area contributed by atoms with Crippen LogP contribution in [-0.4, -0.2) is 0 Å². The van der Waals surface area contributed by atoms with Crippen molar-refractivity contribution in [3.8, 4) is 0 Å². The van der Waals surface area contributed by atoms with E-state index in [1.54, 1.807) is 0 Å². The molecule has 0 N–H and O–H groups in total. The van der Waals surface area contributed by atoms with E-state index in [-0.39, 0.29) is 0 Å². The standard InChI is InChI=1S/C18H18/c1-3-17-13-12-16(14-18(17)4-2)11-10-15-8-6-5-7-9-15/h3-9,12-14H,1-2,10-11H2.